The molecule has 1 atom stereocenters. The Bertz CT molecular complexity index is 886. The fraction of sp³-hybridized carbons (Fsp3) is 0.333. The van der Waals surface area contributed by atoms with Gasteiger partial charge in [0.25, 0.3) is 5.91 Å². The number of nitrogens with one attached hydrogen (secondary N) is 1. The Hall–Kier alpha value is -3.20. The van der Waals surface area contributed by atoms with Gasteiger partial charge in [0, 0.05) is 0 Å². The molecule has 1 N–H and O–H groups in total. The molecule has 1 aliphatic carbocycles. The van der Waals surface area contributed by atoms with Crippen LogP contribution in [0.1, 0.15) is 30.0 Å². The highest BCUT2D eigenvalue weighted by Gasteiger charge is 2.34. The third-order valence-corrected chi connectivity index (χ3v) is 4.70. The number of amides is 1. The van der Waals surface area contributed by atoms with E-state index in [1.807, 2.05) is 18.2 Å². The van der Waals surface area contributed by atoms with E-state index in [1.165, 1.54) is 0 Å². The standard InChI is InChI=1S/C21H20N2O4/c22-12-16-3-1-2-4-17(16)27-13-20(24)23-21(14-5-6-14)15-7-8-18-19(11-15)26-10-9-25-18/h1-4,7-8,11,14,21H,5-6,9-10,13H2,(H,23,24)/t21-/m0/s1. The summed E-state index contributed by atoms with van der Waals surface area (Å²) in [6.07, 6.45) is 2.16. The van der Waals surface area contributed by atoms with Gasteiger partial charge in [-0.1, -0.05) is 18.2 Å². The van der Waals surface area contributed by atoms with Gasteiger partial charge in [-0.15, -0.1) is 0 Å². The first-order valence-corrected chi connectivity index (χ1v) is 9.05. The quantitative estimate of drug-likeness (QED) is 0.852. The molecule has 1 heterocycles. The minimum atomic E-state index is -0.213. The van der Waals surface area contributed by atoms with Crippen molar-refractivity contribution in [2.24, 2.45) is 5.92 Å². The first kappa shape index (κ1) is 17.2. The SMILES string of the molecule is N#Cc1ccccc1OCC(=O)N[C@H](c1ccc2c(c1)OCCO2)C1CC1. The highest BCUT2D eigenvalue weighted by atomic mass is 16.6. The molecule has 4 rings (SSSR count). The van der Waals surface area contributed by atoms with E-state index in [9.17, 15) is 4.79 Å². The maximum atomic E-state index is 12.4. The first-order valence-electron chi connectivity index (χ1n) is 9.05. The van der Waals surface area contributed by atoms with Crippen LogP contribution in [0, 0.1) is 17.2 Å². The fourth-order valence-corrected chi connectivity index (χ4v) is 3.20. The second-order valence-corrected chi connectivity index (χ2v) is 6.68. The highest BCUT2D eigenvalue weighted by Crippen LogP contribution is 2.43. The van der Waals surface area contributed by atoms with Crippen molar-refractivity contribution in [1.82, 2.24) is 5.32 Å². The van der Waals surface area contributed by atoms with E-state index in [-0.39, 0.29) is 18.6 Å². The number of nitrogens with zero attached hydrogens (tertiary/aromatic N) is 1. The van der Waals surface area contributed by atoms with Crippen molar-refractivity contribution in [3.63, 3.8) is 0 Å². The molecule has 2 aromatic rings. The topological polar surface area (TPSA) is 80.6 Å². The lowest BCUT2D eigenvalue weighted by molar-refractivity contribution is -0.124. The molecular formula is C21H20N2O4. The van der Waals surface area contributed by atoms with Crippen molar-refractivity contribution in [3.05, 3.63) is 53.6 Å². The Balaban J connectivity index is 1.43. The Morgan fingerprint density at radius 1 is 1.19 bits per heavy atom. The molecule has 2 aromatic carbocycles. The molecule has 6 nitrogen and oxygen atoms in total. The number of carbonyl (C=O) groups excluding carboxylic acids is 1. The van der Waals surface area contributed by atoms with Gasteiger partial charge in [-0.2, -0.15) is 5.26 Å². The zero-order valence-electron chi connectivity index (χ0n) is 14.8. The lowest BCUT2D eigenvalue weighted by Gasteiger charge is -2.23. The molecule has 1 amide bonds. The summed E-state index contributed by atoms with van der Waals surface area (Å²) in [5.74, 6) is 2.08. The average molecular weight is 364 g/mol. The van der Waals surface area contributed by atoms with Crippen LogP contribution in [0.2, 0.25) is 0 Å². The zero-order valence-corrected chi connectivity index (χ0v) is 14.8. The lowest BCUT2D eigenvalue weighted by atomic mass is 10.0. The van der Waals surface area contributed by atoms with Gasteiger partial charge in [-0.05, 0) is 48.6 Å². The van der Waals surface area contributed by atoms with E-state index in [2.05, 4.69) is 11.4 Å². The largest absolute Gasteiger partial charge is 0.486 e. The minimum Gasteiger partial charge on any atom is -0.486 e. The molecule has 0 bridgehead atoms. The van der Waals surface area contributed by atoms with Crippen molar-refractivity contribution in [2.75, 3.05) is 19.8 Å². The number of hydrogen-bond donors (Lipinski definition) is 1. The second kappa shape index (κ2) is 7.58. The van der Waals surface area contributed by atoms with Gasteiger partial charge in [0.1, 0.15) is 25.0 Å². The van der Waals surface area contributed by atoms with Crippen molar-refractivity contribution < 1.29 is 19.0 Å². The van der Waals surface area contributed by atoms with E-state index < -0.39 is 0 Å². The van der Waals surface area contributed by atoms with Gasteiger partial charge >= 0.3 is 0 Å². The van der Waals surface area contributed by atoms with Crippen molar-refractivity contribution in [2.45, 2.75) is 18.9 Å². The predicted molar refractivity (Wildman–Crippen MR) is 97.7 cm³/mol. The molecule has 27 heavy (non-hydrogen) atoms. The summed E-state index contributed by atoms with van der Waals surface area (Å²) in [5.41, 5.74) is 1.42. The zero-order chi connectivity index (χ0) is 18.6. The molecule has 2 aliphatic rings. The van der Waals surface area contributed by atoms with Crippen LogP contribution in [-0.2, 0) is 4.79 Å². The number of nitriles is 1. The predicted octanol–water partition coefficient (Wildman–Crippen LogP) is 2.98. The Labute approximate surface area is 157 Å². The average Bonchev–Trinajstić information content (AvgIpc) is 3.55. The molecule has 0 unspecified atom stereocenters. The molecule has 1 fully saturated rings. The van der Waals surface area contributed by atoms with Gasteiger partial charge in [0.05, 0.1) is 11.6 Å². The van der Waals surface area contributed by atoms with Crippen molar-refractivity contribution in [3.8, 4) is 23.3 Å². The molecule has 0 aromatic heterocycles. The van der Waals surface area contributed by atoms with Crippen LogP contribution in [0.25, 0.3) is 0 Å². The van der Waals surface area contributed by atoms with Crippen LogP contribution in [0.3, 0.4) is 0 Å². The fourth-order valence-electron chi connectivity index (χ4n) is 3.20. The van der Waals surface area contributed by atoms with Gasteiger partial charge in [-0.25, -0.2) is 0 Å². The summed E-state index contributed by atoms with van der Waals surface area (Å²) >= 11 is 0. The molecular weight excluding hydrogens is 344 g/mol. The number of fused-ring (bicyclic) bond motifs is 1. The van der Waals surface area contributed by atoms with E-state index in [0.717, 1.165) is 29.9 Å². The van der Waals surface area contributed by atoms with E-state index in [0.29, 0.717) is 30.4 Å². The minimum absolute atomic E-state index is 0.0804. The molecule has 6 heteroatoms. The highest BCUT2D eigenvalue weighted by molar-refractivity contribution is 5.78. The number of benzene rings is 2. The second-order valence-electron chi connectivity index (χ2n) is 6.68. The normalized spacial score (nSPS) is 16.1. The van der Waals surface area contributed by atoms with Gasteiger partial charge < -0.3 is 19.5 Å². The number of hydrogen-bond acceptors (Lipinski definition) is 5. The molecule has 138 valence electrons. The Morgan fingerprint density at radius 2 is 1.96 bits per heavy atom. The summed E-state index contributed by atoms with van der Waals surface area (Å²) in [6, 6.07) is 14.7. The van der Waals surface area contributed by atoms with Gasteiger partial charge in [0.15, 0.2) is 18.1 Å². The molecule has 1 aliphatic heterocycles. The van der Waals surface area contributed by atoms with Crippen molar-refractivity contribution in [1.29, 1.82) is 5.26 Å². The maximum Gasteiger partial charge on any atom is 0.258 e. The summed E-state index contributed by atoms with van der Waals surface area (Å²) < 4.78 is 16.8. The van der Waals surface area contributed by atoms with Crippen LogP contribution in [0.15, 0.2) is 42.5 Å². The summed E-state index contributed by atoms with van der Waals surface area (Å²) in [6.45, 7) is 0.951. The van der Waals surface area contributed by atoms with E-state index >= 15 is 0 Å². The molecule has 0 radical (unpaired) electrons. The van der Waals surface area contributed by atoms with Crippen LogP contribution < -0.4 is 19.5 Å². The number of carbonyl (C=O) groups is 1. The third kappa shape index (κ3) is 3.98. The third-order valence-electron chi connectivity index (χ3n) is 4.70. The molecule has 0 spiro atoms. The summed E-state index contributed by atoms with van der Waals surface area (Å²) in [5, 5.41) is 12.2. The molecule has 0 saturated heterocycles. The van der Waals surface area contributed by atoms with Crippen LogP contribution in [-0.4, -0.2) is 25.7 Å². The monoisotopic (exact) mass is 364 g/mol. The maximum absolute atomic E-state index is 12.4. The Morgan fingerprint density at radius 3 is 2.74 bits per heavy atom. The summed E-state index contributed by atoms with van der Waals surface area (Å²) in [7, 11) is 0. The molecule has 1 saturated carbocycles. The number of ether oxygens (including phenoxy) is 3. The van der Waals surface area contributed by atoms with Crippen LogP contribution >= 0.6 is 0 Å². The van der Waals surface area contributed by atoms with Gasteiger partial charge in [-0.3, -0.25) is 4.79 Å². The smallest absolute Gasteiger partial charge is 0.258 e. The Kier molecular flexibility index (Phi) is 4.84. The lowest BCUT2D eigenvalue weighted by Crippen LogP contribution is -2.34. The van der Waals surface area contributed by atoms with Crippen molar-refractivity contribution >= 4 is 5.91 Å². The first-order chi connectivity index (χ1) is 13.2. The van der Waals surface area contributed by atoms with Crippen LogP contribution in [0.5, 0.6) is 17.2 Å². The van der Waals surface area contributed by atoms with E-state index in [4.69, 9.17) is 19.5 Å². The summed E-state index contributed by atoms with van der Waals surface area (Å²) in [4.78, 5) is 12.4. The van der Waals surface area contributed by atoms with Gasteiger partial charge in [0.2, 0.25) is 0 Å². The van der Waals surface area contributed by atoms with E-state index in [1.54, 1.807) is 24.3 Å². The number of rotatable bonds is 6. The number of para-hydroxylation sites is 1. The van der Waals surface area contributed by atoms with Crippen LogP contribution in [0.4, 0.5) is 0 Å².